The second kappa shape index (κ2) is 6.10. The van der Waals surface area contributed by atoms with Crippen molar-refractivity contribution in [3.05, 3.63) is 29.6 Å². The number of piperidine rings is 1. The van der Waals surface area contributed by atoms with Crippen molar-refractivity contribution in [3.63, 3.8) is 0 Å². The maximum absolute atomic E-state index is 13.2. The largest absolute Gasteiger partial charge is 0.488 e. The van der Waals surface area contributed by atoms with Gasteiger partial charge in [-0.05, 0) is 57.1 Å². The minimum atomic E-state index is -0.172. The molecule has 1 fully saturated rings. The van der Waals surface area contributed by atoms with Crippen molar-refractivity contribution in [2.45, 2.75) is 25.4 Å². The van der Waals surface area contributed by atoms with Gasteiger partial charge >= 0.3 is 0 Å². The first-order valence-corrected chi connectivity index (χ1v) is 7.55. The van der Waals surface area contributed by atoms with Gasteiger partial charge in [-0.3, -0.25) is 0 Å². The van der Waals surface area contributed by atoms with Gasteiger partial charge in [-0.1, -0.05) is 0 Å². The van der Waals surface area contributed by atoms with Gasteiger partial charge in [0, 0.05) is 25.1 Å². The molecule has 2 heterocycles. The van der Waals surface area contributed by atoms with Crippen LogP contribution in [0.25, 0.3) is 0 Å². The molecule has 2 unspecified atom stereocenters. The Labute approximate surface area is 120 Å². The highest BCUT2D eigenvalue weighted by Gasteiger charge is 2.25. The Bertz CT molecular complexity index is 460. The van der Waals surface area contributed by atoms with Crippen molar-refractivity contribution >= 4 is 0 Å². The van der Waals surface area contributed by atoms with E-state index in [0.717, 1.165) is 49.8 Å². The molecule has 1 aromatic rings. The zero-order valence-electron chi connectivity index (χ0n) is 12.1. The molecule has 0 aliphatic carbocycles. The highest BCUT2D eigenvalue weighted by atomic mass is 19.1. The summed E-state index contributed by atoms with van der Waals surface area (Å²) < 4.78 is 19.1. The number of nitrogens with zero attached hydrogens (tertiary/aromatic N) is 1. The SMILES string of the molecule is CN(CC1CCCNC1)CC1Cc2cc(F)ccc2O1. The van der Waals surface area contributed by atoms with E-state index in [-0.39, 0.29) is 11.9 Å². The first-order valence-electron chi connectivity index (χ1n) is 7.55. The average Bonchev–Trinajstić information content (AvgIpc) is 2.80. The monoisotopic (exact) mass is 278 g/mol. The molecule has 4 heteroatoms. The highest BCUT2D eigenvalue weighted by molar-refractivity contribution is 5.37. The lowest BCUT2D eigenvalue weighted by atomic mass is 9.99. The molecule has 2 aliphatic rings. The van der Waals surface area contributed by atoms with Crippen molar-refractivity contribution in [2.75, 3.05) is 33.2 Å². The van der Waals surface area contributed by atoms with Crippen molar-refractivity contribution < 1.29 is 9.13 Å². The third-order valence-corrected chi connectivity index (χ3v) is 4.25. The second-order valence-electron chi connectivity index (χ2n) is 6.13. The predicted octanol–water partition coefficient (Wildman–Crippen LogP) is 2.06. The fourth-order valence-electron chi connectivity index (χ4n) is 3.33. The van der Waals surface area contributed by atoms with Gasteiger partial charge in [-0.15, -0.1) is 0 Å². The number of nitrogens with one attached hydrogen (secondary N) is 1. The Balaban J connectivity index is 1.49. The van der Waals surface area contributed by atoms with Crippen LogP contribution in [-0.4, -0.2) is 44.2 Å². The van der Waals surface area contributed by atoms with E-state index in [1.165, 1.54) is 18.9 Å². The molecule has 20 heavy (non-hydrogen) atoms. The number of benzene rings is 1. The van der Waals surface area contributed by atoms with Gasteiger partial charge in [0.2, 0.25) is 0 Å². The zero-order valence-corrected chi connectivity index (χ0v) is 12.1. The number of likely N-dealkylation sites (N-methyl/N-ethyl adjacent to an activating group) is 1. The zero-order chi connectivity index (χ0) is 13.9. The summed E-state index contributed by atoms with van der Waals surface area (Å²) in [5, 5.41) is 3.45. The van der Waals surface area contributed by atoms with E-state index < -0.39 is 0 Å². The molecule has 0 saturated carbocycles. The Kier molecular flexibility index (Phi) is 4.22. The number of rotatable bonds is 4. The van der Waals surface area contributed by atoms with Crippen LogP contribution >= 0.6 is 0 Å². The Morgan fingerprint density at radius 3 is 3.10 bits per heavy atom. The summed E-state index contributed by atoms with van der Waals surface area (Å²) in [6, 6.07) is 4.81. The molecule has 2 aliphatic heterocycles. The fourth-order valence-corrected chi connectivity index (χ4v) is 3.33. The summed E-state index contributed by atoms with van der Waals surface area (Å²) in [5.74, 6) is 1.42. The van der Waals surface area contributed by atoms with Crippen LogP contribution in [0.3, 0.4) is 0 Å². The van der Waals surface area contributed by atoms with E-state index in [0.29, 0.717) is 0 Å². The second-order valence-corrected chi connectivity index (χ2v) is 6.13. The van der Waals surface area contributed by atoms with E-state index in [1.54, 1.807) is 12.1 Å². The number of ether oxygens (including phenoxy) is 1. The molecule has 3 rings (SSSR count). The number of fused-ring (bicyclic) bond motifs is 1. The molecule has 3 nitrogen and oxygen atoms in total. The molecule has 2 atom stereocenters. The smallest absolute Gasteiger partial charge is 0.123 e. The average molecular weight is 278 g/mol. The lowest BCUT2D eigenvalue weighted by Crippen LogP contribution is -2.40. The Morgan fingerprint density at radius 1 is 1.40 bits per heavy atom. The third-order valence-electron chi connectivity index (χ3n) is 4.25. The Morgan fingerprint density at radius 2 is 2.30 bits per heavy atom. The van der Waals surface area contributed by atoms with Gasteiger partial charge < -0.3 is 15.0 Å². The van der Waals surface area contributed by atoms with Gasteiger partial charge in [0.05, 0.1) is 0 Å². The van der Waals surface area contributed by atoms with Crippen molar-refractivity contribution in [3.8, 4) is 5.75 Å². The van der Waals surface area contributed by atoms with Crippen LogP contribution in [0.4, 0.5) is 4.39 Å². The van der Waals surface area contributed by atoms with Crippen LogP contribution in [0.15, 0.2) is 18.2 Å². The van der Waals surface area contributed by atoms with E-state index >= 15 is 0 Å². The van der Waals surface area contributed by atoms with Crippen LogP contribution in [0.2, 0.25) is 0 Å². The molecule has 1 aromatic carbocycles. The van der Waals surface area contributed by atoms with Gasteiger partial charge in [0.25, 0.3) is 0 Å². The normalized spacial score (nSPS) is 25.6. The fraction of sp³-hybridized carbons (Fsp3) is 0.625. The van der Waals surface area contributed by atoms with Gasteiger partial charge in [0.1, 0.15) is 17.7 Å². The maximum atomic E-state index is 13.2. The summed E-state index contributed by atoms with van der Waals surface area (Å²) in [6.45, 7) is 4.30. The minimum Gasteiger partial charge on any atom is -0.488 e. The summed E-state index contributed by atoms with van der Waals surface area (Å²) in [7, 11) is 2.15. The molecule has 0 amide bonds. The summed E-state index contributed by atoms with van der Waals surface area (Å²) >= 11 is 0. The highest BCUT2D eigenvalue weighted by Crippen LogP contribution is 2.29. The van der Waals surface area contributed by atoms with E-state index in [9.17, 15) is 4.39 Å². The topological polar surface area (TPSA) is 24.5 Å². The maximum Gasteiger partial charge on any atom is 0.123 e. The van der Waals surface area contributed by atoms with Crippen LogP contribution in [0.5, 0.6) is 5.75 Å². The standard InChI is InChI=1S/C16H23FN2O/c1-19(10-12-3-2-6-18-9-12)11-15-8-13-7-14(17)4-5-16(13)20-15/h4-5,7,12,15,18H,2-3,6,8-11H2,1H3. The minimum absolute atomic E-state index is 0.161. The van der Waals surface area contributed by atoms with Crippen LogP contribution in [0, 0.1) is 11.7 Å². The van der Waals surface area contributed by atoms with Crippen LogP contribution in [-0.2, 0) is 6.42 Å². The molecule has 0 spiro atoms. The molecule has 0 radical (unpaired) electrons. The molecular weight excluding hydrogens is 255 g/mol. The van der Waals surface area contributed by atoms with Gasteiger partial charge in [0.15, 0.2) is 0 Å². The quantitative estimate of drug-likeness (QED) is 0.912. The Hall–Kier alpha value is -1.13. The first kappa shape index (κ1) is 13.8. The van der Waals surface area contributed by atoms with Crippen molar-refractivity contribution in [1.82, 2.24) is 10.2 Å². The molecule has 1 N–H and O–H groups in total. The van der Waals surface area contributed by atoms with Crippen molar-refractivity contribution in [1.29, 1.82) is 0 Å². The summed E-state index contributed by atoms with van der Waals surface area (Å²) in [5.41, 5.74) is 1.00. The van der Waals surface area contributed by atoms with E-state index in [1.807, 2.05) is 0 Å². The molecule has 110 valence electrons. The lowest BCUT2D eigenvalue weighted by molar-refractivity contribution is 0.150. The lowest BCUT2D eigenvalue weighted by Gasteiger charge is -2.28. The molecule has 0 aromatic heterocycles. The molecular formula is C16H23FN2O. The van der Waals surface area contributed by atoms with Gasteiger partial charge in [-0.25, -0.2) is 4.39 Å². The predicted molar refractivity (Wildman–Crippen MR) is 77.6 cm³/mol. The number of halogens is 1. The summed E-state index contributed by atoms with van der Waals surface area (Å²) in [4.78, 5) is 2.35. The van der Waals surface area contributed by atoms with Crippen LogP contribution in [0.1, 0.15) is 18.4 Å². The van der Waals surface area contributed by atoms with Gasteiger partial charge in [-0.2, -0.15) is 0 Å². The number of hydrogen-bond donors (Lipinski definition) is 1. The number of hydrogen-bond acceptors (Lipinski definition) is 3. The van der Waals surface area contributed by atoms with E-state index in [4.69, 9.17) is 4.74 Å². The van der Waals surface area contributed by atoms with Crippen molar-refractivity contribution in [2.24, 2.45) is 5.92 Å². The first-order chi connectivity index (χ1) is 9.70. The third kappa shape index (κ3) is 3.30. The molecule has 0 bridgehead atoms. The summed E-state index contributed by atoms with van der Waals surface area (Å²) in [6.07, 6.45) is 3.57. The molecule has 1 saturated heterocycles. The van der Waals surface area contributed by atoms with E-state index in [2.05, 4.69) is 17.3 Å². The van der Waals surface area contributed by atoms with Crippen LogP contribution < -0.4 is 10.1 Å².